The third kappa shape index (κ3) is 3.03. The summed E-state index contributed by atoms with van der Waals surface area (Å²) in [7, 11) is -4.83. The number of hydrogen-bond acceptors (Lipinski definition) is 10. The highest BCUT2D eigenvalue weighted by Gasteiger charge is 2.90. The number of amides is 2. The number of thiazole rings is 1. The summed E-state index contributed by atoms with van der Waals surface area (Å²) in [5.41, 5.74) is 1.06. The molecular formula is C13H17N5O7S2. The zero-order valence-corrected chi connectivity index (χ0v) is 16.3. The fourth-order valence-corrected chi connectivity index (χ4v) is 4.00. The minimum absolute atomic E-state index is 0.108. The van der Waals surface area contributed by atoms with Crippen LogP contribution in [0.2, 0.25) is 0 Å². The van der Waals surface area contributed by atoms with E-state index in [9.17, 15) is 18.0 Å². The number of nitrogen functional groups attached to an aromatic ring is 1. The molecule has 2 fully saturated rings. The lowest BCUT2D eigenvalue weighted by molar-refractivity contribution is -0.144. The van der Waals surface area contributed by atoms with Gasteiger partial charge in [-0.2, -0.15) is 12.7 Å². The van der Waals surface area contributed by atoms with E-state index in [0.717, 1.165) is 11.3 Å². The Morgan fingerprint density at radius 2 is 2.15 bits per heavy atom. The number of nitrogens with zero attached hydrogens (tertiary/aromatic N) is 3. The molecule has 2 amide bonds. The van der Waals surface area contributed by atoms with Gasteiger partial charge in [0, 0.05) is 5.38 Å². The maximum atomic E-state index is 12.7. The van der Waals surface area contributed by atoms with E-state index in [1.165, 1.54) is 12.3 Å². The lowest BCUT2D eigenvalue weighted by Gasteiger charge is -2.35. The molecule has 2 aliphatic rings. The molecule has 0 saturated carbocycles. The van der Waals surface area contributed by atoms with Crippen molar-refractivity contribution in [2.45, 2.75) is 44.7 Å². The molecule has 0 spiro atoms. The summed E-state index contributed by atoms with van der Waals surface area (Å²) in [5.74, 6) is -2.02. The number of oxime groups is 1. The van der Waals surface area contributed by atoms with Gasteiger partial charge in [0.1, 0.15) is 11.3 Å². The number of aromatic nitrogens is 1. The second-order valence-electron chi connectivity index (χ2n) is 6.98. The highest BCUT2D eigenvalue weighted by atomic mass is 32.2. The van der Waals surface area contributed by atoms with Gasteiger partial charge in [0.2, 0.25) is 5.72 Å². The van der Waals surface area contributed by atoms with E-state index in [1.54, 1.807) is 20.8 Å². The third-order valence-corrected chi connectivity index (χ3v) is 5.40. The monoisotopic (exact) mass is 419 g/mol. The number of carbonyl (C=O) groups excluding carboxylic acids is 2. The van der Waals surface area contributed by atoms with Gasteiger partial charge < -0.3 is 20.6 Å². The second kappa shape index (κ2) is 5.60. The summed E-state index contributed by atoms with van der Waals surface area (Å²) in [4.78, 5) is 34.0. The molecule has 2 saturated heterocycles. The van der Waals surface area contributed by atoms with Gasteiger partial charge in [0.25, 0.3) is 17.5 Å². The molecule has 0 aromatic carbocycles. The first-order valence-electron chi connectivity index (χ1n) is 7.54. The second-order valence-corrected chi connectivity index (χ2v) is 9.13. The summed E-state index contributed by atoms with van der Waals surface area (Å²) in [5, 5.41) is 7.74. The number of hydrogen-bond donors (Lipinski definition) is 3. The summed E-state index contributed by atoms with van der Waals surface area (Å²) in [6.07, 6.45) is 0. The SMILES string of the molecule is CC(C)(C)ON=C(C(=O)N[C@]12O[C@]1(C)N(S(=O)(=O)O)C2=O)c1csc(N)n1. The van der Waals surface area contributed by atoms with Crippen LogP contribution in [0.1, 0.15) is 33.4 Å². The molecule has 0 radical (unpaired) electrons. The van der Waals surface area contributed by atoms with Gasteiger partial charge in [0.05, 0.1) is 0 Å². The van der Waals surface area contributed by atoms with Crippen molar-refractivity contribution in [1.82, 2.24) is 14.6 Å². The Labute approximate surface area is 158 Å². The molecule has 148 valence electrons. The van der Waals surface area contributed by atoms with Crippen LogP contribution < -0.4 is 11.1 Å². The van der Waals surface area contributed by atoms with Gasteiger partial charge >= 0.3 is 10.3 Å². The van der Waals surface area contributed by atoms with Crippen molar-refractivity contribution in [2.75, 3.05) is 5.73 Å². The van der Waals surface area contributed by atoms with Crippen molar-refractivity contribution in [3.05, 3.63) is 11.1 Å². The number of nitrogens with two attached hydrogens (primary N) is 1. The number of anilines is 1. The highest BCUT2D eigenvalue weighted by Crippen LogP contribution is 2.59. The van der Waals surface area contributed by atoms with E-state index >= 15 is 0 Å². The topological polar surface area (TPSA) is 177 Å². The summed E-state index contributed by atoms with van der Waals surface area (Å²) < 4.78 is 36.9. The van der Waals surface area contributed by atoms with Crippen LogP contribution in [0.15, 0.2) is 10.5 Å². The van der Waals surface area contributed by atoms with E-state index in [1.807, 2.05) is 0 Å². The fraction of sp³-hybridized carbons (Fsp3) is 0.538. The van der Waals surface area contributed by atoms with Crippen molar-refractivity contribution in [1.29, 1.82) is 0 Å². The Balaban J connectivity index is 1.86. The van der Waals surface area contributed by atoms with Gasteiger partial charge in [-0.1, -0.05) is 5.16 Å². The average molecular weight is 419 g/mol. The first-order chi connectivity index (χ1) is 12.2. The third-order valence-electron chi connectivity index (χ3n) is 3.75. The van der Waals surface area contributed by atoms with E-state index < -0.39 is 39.2 Å². The van der Waals surface area contributed by atoms with E-state index in [0.29, 0.717) is 0 Å². The number of fused-ring (bicyclic) bond motifs is 1. The zero-order chi connectivity index (χ0) is 20.4. The predicted octanol–water partition coefficient (Wildman–Crippen LogP) is -0.552. The van der Waals surface area contributed by atoms with Gasteiger partial charge in [-0.25, -0.2) is 4.98 Å². The van der Waals surface area contributed by atoms with Gasteiger partial charge in [0.15, 0.2) is 10.8 Å². The number of ether oxygens (including phenoxy) is 1. The molecule has 3 heterocycles. The van der Waals surface area contributed by atoms with E-state index in [-0.39, 0.29) is 20.8 Å². The summed E-state index contributed by atoms with van der Waals surface area (Å²) in [6, 6.07) is 0. The summed E-state index contributed by atoms with van der Waals surface area (Å²) in [6.45, 7) is 6.35. The van der Waals surface area contributed by atoms with E-state index in [4.69, 9.17) is 19.9 Å². The van der Waals surface area contributed by atoms with Gasteiger partial charge in [-0.15, -0.1) is 11.3 Å². The van der Waals surface area contributed by atoms with Crippen LogP contribution in [0.5, 0.6) is 0 Å². The number of carbonyl (C=O) groups is 2. The van der Waals surface area contributed by atoms with Crippen molar-refractivity contribution in [3.63, 3.8) is 0 Å². The molecule has 27 heavy (non-hydrogen) atoms. The average Bonchev–Trinajstić information content (AvgIpc) is 2.76. The van der Waals surface area contributed by atoms with Crippen LogP contribution in [-0.4, -0.2) is 56.8 Å². The number of rotatable bonds is 5. The van der Waals surface area contributed by atoms with E-state index in [2.05, 4.69) is 15.5 Å². The number of β-lactam (4-membered cyclic amide) rings is 1. The Morgan fingerprint density at radius 3 is 2.59 bits per heavy atom. The maximum absolute atomic E-state index is 12.7. The van der Waals surface area contributed by atoms with Crippen molar-refractivity contribution >= 4 is 44.3 Å². The Kier molecular flexibility index (Phi) is 4.04. The highest BCUT2D eigenvalue weighted by molar-refractivity contribution is 7.84. The van der Waals surface area contributed by atoms with Crippen LogP contribution in [0.3, 0.4) is 0 Å². The molecule has 4 N–H and O–H groups in total. The molecule has 2 atom stereocenters. The fourth-order valence-electron chi connectivity index (χ4n) is 2.51. The normalized spacial score (nSPS) is 27.7. The van der Waals surface area contributed by atoms with Crippen molar-refractivity contribution in [3.8, 4) is 0 Å². The molecule has 0 bridgehead atoms. The molecule has 1 aromatic heterocycles. The van der Waals surface area contributed by atoms with Crippen LogP contribution in [0.4, 0.5) is 5.13 Å². The van der Waals surface area contributed by atoms with Crippen LogP contribution >= 0.6 is 11.3 Å². The van der Waals surface area contributed by atoms with Gasteiger partial charge in [-0.05, 0) is 27.7 Å². The molecule has 1 aromatic rings. The minimum atomic E-state index is -4.83. The Morgan fingerprint density at radius 1 is 1.52 bits per heavy atom. The zero-order valence-electron chi connectivity index (χ0n) is 14.7. The first-order valence-corrected chi connectivity index (χ1v) is 9.81. The quantitative estimate of drug-likeness (QED) is 0.186. The molecule has 3 rings (SSSR count). The Bertz CT molecular complexity index is 966. The van der Waals surface area contributed by atoms with Gasteiger partial charge in [-0.3, -0.25) is 14.1 Å². The van der Waals surface area contributed by atoms with Crippen molar-refractivity contribution in [2.24, 2.45) is 5.16 Å². The Hall–Kier alpha value is -2.29. The number of epoxide rings is 1. The van der Waals surface area contributed by atoms with Crippen LogP contribution in [0, 0.1) is 0 Å². The maximum Gasteiger partial charge on any atom is 0.364 e. The van der Waals surface area contributed by atoms with Crippen LogP contribution in [0.25, 0.3) is 0 Å². The molecular weight excluding hydrogens is 402 g/mol. The lowest BCUT2D eigenvalue weighted by atomic mass is 10.0. The minimum Gasteiger partial charge on any atom is -0.389 e. The first kappa shape index (κ1) is 19.5. The van der Waals surface area contributed by atoms with Crippen molar-refractivity contribution < 1.29 is 32.1 Å². The van der Waals surface area contributed by atoms with Crippen LogP contribution in [-0.2, 0) is 29.5 Å². The number of nitrogens with one attached hydrogen (secondary N) is 1. The molecule has 0 unspecified atom stereocenters. The molecule has 0 aliphatic carbocycles. The largest absolute Gasteiger partial charge is 0.389 e. The molecule has 12 nitrogen and oxygen atoms in total. The smallest absolute Gasteiger partial charge is 0.364 e. The standard InChI is InChI=1S/C13H17N5O7S2/c1-11(2,3)25-17-7(6-5-26-10(14)15-6)8(19)16-13-9(20)18(27(21,22)23)12(13,4)24-13/h5H,1-4H3,(H2,14,15)(H,16,19)(H,21,22,23)/t12-,13+/m0/s1. The lowest BCUT2D eigenvalue weighted by Crippen LogP contribution is -2.71. The predicted molar refractivity (Wildman–Crippen MR) is 92.7 cm³/mol. The summed E-state index contributed by atoms with van der Waals surface area (Å²) >= 11 is 1.07. The molecule has 2 aliphatic heterocycles. The molecule has 14 heteroatoms.